The minimum absolute atomic E-state index is 0.0138. The fraction of sp³-hybridized carbons (Fsp3) is 0.464. The van der Waals surface area contributed by atoms with Crippen LogP contribution in [0.5, 0.6) is 0 Å². The fourth-order valence-corrected chi connectivity index (χ4v) is 4.52. The van der Waals surface area contributed by atoms with Gasteiger partial charge in [-0.15, -0.1) is 0 Å². The molecule has 2 N–H and O–H groups in total. The van der Waals surface area contributed by atoms with Crippen molar-refractivity contribution in [2.24, 2.45) is 5.92 Å². The third kappa shape index (κ3) is 6.93. The van der Waals surface area contributed by atoms with Gasteiger partial charge in [-0.3, -0.25) is 4.90 Å². The highest BCUT2D eigenvalue weighted by molar-refractivity contribution is 5.67. The van der Waals surface area contributed by atoms with E-state index in [1.807, 2.05) is 48.5 Å². The molecule has 2 heterocycles. The molecule has 0 bridgehead atoms. The van der Waals surface area contributed by atoms with E-state index >= 15 is 0 Å². The van der Waals surface area contributed by atoms with Crippen molar-refractivity contribution in [3.63, 3.8) is 0 Å². The van der Waals surface area contributed by atoms with Crippen molar-refractivity contribution in [2.45, 2.75) is 38.6 Å². The molecule has 2 aromatic carbocycles. The summed E-state index contributed by atoms with van der Waals surface area (Å²) in [6.45, 7) is 10.3. The van der Waals surface area contributed by atoms with E-state index in [-0.39, 0.29) is 31.3 Å². The lowest BCUT2D eigenvalue weighted by molar-refractivity contribution is -0.277. The van der Waals surface area contributed by atoms with Gasteiger partial charge in [0.2, 0.25) is 0 Å². The summed E-state index contributed by atoms with van der Waals surface area (Å²) < 4.78 is 23.5. The minimum atomic E-state index is -0.519. The normalized spacial score (nSPS) is 24.7. The second-order valence-corrected chi connectivity index (χ2v) is 9.22. The maximum Gasteiger partial charge on any atom is 0.407 e. The molecule has 0 spiro atoms. The van der Waals surface area contributed by atoms with Crippen molar-refractivity contribution in [3.8, 4) is 0 Å². The van der Waals surface area contributed by atoms with Crippen LogP contribution in [0.15, 0.2) is 61.2 Å². The second-order valence-electron chi connectivity index (χ2n) is 9.22. The Kier molecular flexibility index (Phi) is 9.49. The Morgan fingerprint density at radius 3 is 2.42 bits per heavy atom. The molecule has 0 aromatic heterocycles. The molecule has 4 atom stereocenters. The molecular weight excluding hydrogens is 460 g/mol. The van der Waals surface area contributed by atoms with Gasteiger partial charge in [-0.2, -0.15) is 0 Å². The van der Waals surface area contributed by atoms with Gasteiger partial charge in [0.05, 0.1) is 32.0 Å². The number of rotatable bonds is 9. The van der Waals surface area contributed by atoms with Crippen LogP contribution < -0.4 is 5.32 Å². The molecule has 0 saturated carbocycles. The van der Waals surface area contributed by atoms with E-state index in [2.05, 4.69) is 23.7 Å². The molecule has 8 heteroatoms. The van der Waals surface area contributed by atoms with E-state index in [0.717, 1.165) is 55.1 Å². The van der Waals surface area contributed by atoms with Gasteiger partial charge in [0, 0.05) is 37.7 Å². The van der Waals surface area contributed by atoms with Gasteiger partial charge in [-0.1, -0.05) is 68.1 Å². The third-order valence-electron chi connectivity index (χ3n) is 6.69. The number of alkyl carbamates (subject to hydrolysis) is 1. The molecule has 2 saturated heterocycles. The topological polar surface area (TPSA) is 89.5 Å². The van der Waals surface area contributed by atoms with Gasteiger partial charge in [0.25, 0.3) is 0 Å². The number of benzene rings is 2. The Hall–Kier alpha value is -2.75. The first-order chi connectivity index (χ1) is 17.6. The average Bonchev–Trinajstić information content (AvgIpc) is 2.93. The third-order valence-corrected chi connectivity index (χ3v) is 6.69. The summed E-state index contributed by atoms with van der Waals surface area (Å²) in [5.74, 6) is 0.133. The van der Waals surface area contributed by atoms with E-state index in [9.17, 15) is 9.90 Å². The van der Waals surface area contributed by atoms with E-state index < -0.39 is 12.4 Å². The van der Waals surface area contributed by atoms with Gasteiger partial charge in [-0.05, 0) is 16.7 Å². The summed E-state index contributed by atoms with van der Waals surface area (Å²) in [5.41, 5.74) is 3.81. The second kappa shape index (κ2) is 13.0. The molecule has 2 aliphatic rings. The number of aliphatic hydroxyl groups is 1. The van der Waals surface area contributed by atoms with Crippen LogP contribution in [0.2, 0.25) is 0 Å². The molecule has 2 aliphatic heterocycles. The summed E-state index contributed by atoms with van der Waals surface area (Å²) in [5, 5.41) is 12.2. The van der Waals surface area contributed by atoms with Crippen LogP contribution in [0.1, 0.15) is 41.6 Å². The van der Waals surface area contributed by atoms with Crippen LogP contribution in [-0.2, 0) is 32.1 Å². The summed E-state index contributed by atoms with van der Waals surface area (Å²) in [7, 11) is 0. The highest BCUT2D eigenvalue weighted by Crippen LogP contribution is 2.41. The maximum atomic E-state index is 11.7. The van der Waals surface area contributed by atoms with Crippen LogP contribution >= 0.6 is 0 Å². The average molecular weight is 497 g/mol. The molecular formula is C28H36N2O6. The number of aliphatic hydroxyl groups excluding tert-OH is 1. The Morgan fingerprint density at radius 2 is 1.75 bits per heavy atom. The molecule has 1 amide bonds. The fourth-order valence-electron chi connectivity index (χ4n) is 4.52. The van der Waals surface area contributed by atoms with E-state index in [1.54, 1.807) is 0 Å². The first-order valence-electron chi connectivity index (χ1n) is 12.5. The molecule has 36 heavy (non-hydrogen) atoms. The van der Waals surface area contributed by atoms with Crippen LogP contribution in [0.4, 0.5) is 4.79 Å². The van der Waals surface area contributed by atoms with E-state index in [0.29, 0.717) is 6.54 Å². The van der Waals surface area contributed by atoms with Crippen LogP contribution in [0, 0.1) is 5.92 Å². The number of carbonyl (C=O) groups excluding carboxylic acids is 1. The predicted molar refractivity (Wildman–Crippen MR) is 135 cm³/mol. The Bertz CT molecular complexity index is 975. The largest absolute Gasteiger partial charge is 0.445 e. The monoisotopic (exact) mass is 496 g/mol. The van der Waals surface area contributed by atoms with Crippen molar-refractivity contribution in [2.75, 3.05) is 39.5 Å². The van der Waals surface area contributed by atoms with Crippen molar-refractivity contribution in [1.29, 1.82) is 0 Å². The lowest BCUT2D eigenvalue weighted by atomic mass is 9.90. The number of carbonyl (C=O) groups is 1. The number of nitrogens with one attached hydrogen (secondary N) is 1. The van der Waals surface area contributed by atoms with E-state index in [4.69, 9.17) is 18.9 Å². The zero-order valence-corrected chi connectivity index (χ0v) is 20.8. The summed E-state index contributed by atoms with van der Waals surface area (Å²) in [6.07, 6.45) is 0.357. The van der Waals surface area contributed by atoms with Crippen molar-refractivity contribution >= 4 is 6.09 Å². The van der Waals surface area contributed by atoms with Gasteiger partial charge in [0.1, 0.15) is 6.61 Å². The molecule has 0 radical (unpaired) electrons. The van der Waals surface area contributed by atoms with E-state index in [1.165, 1.54) is 6.08 Å². The zero-order valence-electron chi connectivity index (χ0n) is 20.8. The number of hydrogen-bond acceptors (Lipinski definition) is 7. The Morgan fingerprint density at radius 1 is 1.08 bits per heavy atom. The van der Waals surface area contributed by atoms with Crippen molar-refractivity contribution in [1.82, 2.24) is 10.2 Å². The number of morpholine rings is 1. The molecule has 0 aliphatic carbocycles. The molecule has 4 rings (SSSR count). The lowest BCUT2D eigenvalue weighted by Crippen LogP contribution is -2.47. The molecule has 194 valence electrons. The minimum Gasteiger partial charge on any atom is -0.445 e. The van der Waals surface area contributed by atoms with Gasteiger partial charge < -0.3 is 29.4 Å². The first-order valence-corrected chi connectivity index (χ1v) is 12.5. The van der Waals surface area contributed by atoms with Gasteiger partial charge in [0.15, 0.2) is 6.29 Å². The zero-order chi connectivity index (χ0) is 25.3. The number of nitrogens with zero attached hydrogens (tertiary/aromatic N) is 1. The summed E-state index contributed by atoms with van der Waals surface area (Å²) in [4.78, 5) is 14.1. The molecule has 2 aromatic rings. The van der Waals surface area contributed by atoms with Gasteiger partial charge >= 0.3 is 6.09 Å². The smallest absolute Gasteiger partial charge is 0.407 e. The predicted octanol–water partition coefficient (Wildman–Crippen LogP) is 3.71. The Balaban J connectivity index is 1.48. The van der Waals surface area contributed by atoms with Gasteiger partial charge in [-0.25, -0.2) is 4.79 Å². The van der Waals surface area contributed by atoms with Crippen molar-refractivity contribution in [3.05, 3.63) is 83.4 Å². The highest BCUT2D eigenvalue weighted by atomic mass is 16.7. The lowest BCUT2D eigenvalue weighted by Gasteiger charge is -2.43. The van der Waals surface area contributed by atoms with Crippen LogP contribution in [0.25, 0.3) is 0 Å². The molecule has 4 unspecified atom stereocenters. The summed E-state index contributed by atoms with van der Waals surface area (Å²) >= 11 is 0. The number of amides is 1. The van der Waals surface area contributed by atoms with Crippen LogP contribution in [0.3, 0.4) is 0 Å². The highest BCUT2D eigenvalue weighted by Gasteiger charge is 2.39. The molecule has 8 nitrogen and oxygen atoms in total. The number of ether oxygens (including phenoxy) is 4. The quantitative estimate of drug-likeness (QED) is 0.512. The summed E-state index contributed by atoms with van der Waals surface area (Å²) in [6, 6.07) is 15.8. The SMILES string of the molecule is C=CCOC(=O)NCc1ccc(C2OC(CN3CCOCC3)C(C)C(c3ccc(CO)cc3)O2)cc1. The first kappa shape index (κ1) is 26.3. The Labute approximate surface area is 212 Å². The number of hydrogen-bond donors (Lipinski definition) is 2. The van der Waals surface area contributed by atoms with Crippen molar-refractivity contribution < 1.29 is 28.8 Å². The van der Waals surface area contributed by atoms with Crippen LogP contribution in [-0.4, -0.2) is 61.7 Å². The molecule has 2 fully saturated rings. The maximum absolute atomic E-state index is 11.7. The standard InChI is InChI=1S/C28H36N2O6/c1-3-14-34-28(32)29-17-21-4-10-24(11-5-21)27-35-25(18-30-12-15-33-16-13-30)20(2)26(36-27)23-8-6-22(19-31)7-9-23/h3-11,20,25-27,31H,1,12-19H2,2H3,(H,29,32).